The molecule has 0 saturated heterocycles. The summed E-state index contributed by atoms with van der Waals surface area (Å²) in [6, 6.07) is 24.8. The van der Waals surface area contributed by atoms with Crippen molar-refractivity contribution >= 4 is 42.1 Å². The Balaban J connectivity index is 0.000000243. The molecule has 10 aliphatic rings. The van der Waals surface area contributed by atoms with E-state index in [1.54, 1.807) is 72.8 Å². The monoisotopic (exact) mass is 1730 g/mol. The van der Waals surface area contributed by atoms with Gasteiger partial charge >= 0.3 is 0 Å². The summed E-state index contributed by atoms with van der Waals surface area (Å²) in [5, 5.41) is 2.74. The van der Waals surface area contributed by atoms with Crippen LogP contribution in [-0.4, -0.2) is 25.3 Å². The molecular formula is C81H100N8NoO10S4. The fourth-order valence-corrected chi connectivity index (χ4v) is 22.5. The third-order valence-electron chi connectivity index (χ3n) is 23.7. The number of hydrogen-bond donors (Lipinski definition) is 2. The SMILES string of the molecule is C.C/C=C/C1CC(/C=C/C2CC(C)C3C=C(NS(=O)(=O)c4ccc(Oc5ccc(S(=O)(=O)NC6=CC7C(C)CC(/C=C/C8CC(/C=C/C)C9CCCC89)C7C6)cc5)cc4)CC23)C2C=CCC12.C/C=C/C1CC(C)C2C=CCC12.[N-]=[N+]=NOOSc1ccc(Oc2ccc(S(=O)(=O)N=[N+]=[N-])cc2)cc1.[No]. The maximum Gasteiger partial charge on any atom is 0.264 e. The zero-order chi connectivity index (χ0) is 71.7. The summed E-state index contributed by atoms with van der Waals surface area (Å²) < 4.78 is 102. The molecule has 4 aromatic carbocycles. The van der Waals surface area contributed by atoms with E-state index in [2.05, 4.69) is 177 Å². The van der Waals surface area contributed by atoms with Gasteiger partial charge < -0.3 is 9.47 Å². The van der Waals surface area contributed by atoms with Crippen LogP contribution >= 0.6 is 12.0 Å². The molecule has 2 N–H and O–H groups in total. The molecule has 23 heteroatoms. The summed E-state index contributed by atoms with van der Waals surface area (Å²) in [5.41, 5.74) is 17.8. The number of rotatable bonds is 23. The molecule has 0 heterocycles. The van der Waals surface area contributed by atoms with E-state index in [0.717, 1.165) is 96.5 Å². The van der Waals surface area contributed by atoms with E-state index in [1.165, 1.54) is 75.6 Å². The zero-order valence-corrected chi connectivity index (χ0v) is 64.7. The van der Waals surface area contributed by atoms with Crippen molar-refractivity contribution in [3.63, 3.8) is 0 Å². The van der Waals surface area contributed by atoms with E-state index in [4.69, 9.17) is 20.5 Å². The van der Waals surface area contributed by atoms with E-state index in [-0.39, 0.29) is 22.1 Å². The summed E-state index contributed by atoms with van der Waals surface area (Å²) in [4.78, 5) is 9.62. The molecule has 18 nitrogen and oxygen atoms in total. The van der Waals surface area contributed by atoms with E-state index < -0.39 is 30.1 Å². The second kappa shape index (κ2) is 34.5. The third-order valence-corrected chi connectivity index (χ3v) is 28.3. The van der Waals surface area contributed by atoms with Gasteiger partial charge in [0.05, 0.1) is 26.7 Å². The maximum atomic E-state index is 13.6. The van der Waals surface area contributed by atoms with Crippen LogP contribution in [0.5, 0.6) is 23.0 Å². The molecule has 0 radical (unpaired) electrons. The number of nitrogens with one attached hydrogen (secondary N) is 2. The standard InChI is InChI=1S/C56H70N2O5S2.C12H8N6O5S2.C12H18.CH4.No/c1-5-9-37-29-41(51-13-7-11-49(37)51)17-15-39-27-35(3)53-31-43(33-55(39)53)57-64(59,60)47-23-19-45(20-24-47)63-46-21-25-48(26-22-46)65(61,62)58-44-32-54-36(4)28-40(56(54)34-44)16-18-42-30-38(10-6-2)50-12-8-14-52(42)50;13-15-17-22-23-24-11-5-1-9(2-6-11)21-10-3-7-12(8-4-10)25(19,20)18-16-14;1-3-5-10-8-9(2)11-6-4-7-12(10)11;;/h5-7,9-10,13,15-26,31-32,35-42,49-58H,8,11-12,14,27-30,33-34H2,1-4H3;1-8H;3-6,9-12H,7-8H2,1-2H3;1H4;/b9-5+,10-6+,17-15+,18-16+;;5-3+;;. The molecule has 562 valence electrons. The van der Waals surface area contributed by atoms with Gasteiger partial charge in [0.1, 0.15) is 28.3 Å². The minimum atomic E-state index is -4.02. The van der Waals surface area contributed by atoms with Crippen LogP contribution in [0.25, 0.3) is 20.9 Å². The molecular weight excluding hydrogens is 1630 g/mol. The normalized spacial score (nSPS) is 31.9. The molecule has 20 atom stereocenters. The fraction of sp³-hybridized carbons (Fsp3) is 0.481. The number of fused-ring (bicyclic) bond motifs is 5. The summed E-state index contributed by atoms with van der Waals surface area (Å²) in [6.45, 7) is 13.4. The van der Waals surface area contributed by atoms with Crippen molar-refractivity contribution in [3.8, 4) is 23.0 Å². The van der Waals surface area contributed by atoms with Crippen LogP contribution < -0.4 is 18.9 Å². The first-order chi connectivity index (χ1) is 49.2. The molecule has 0 aliphatic heterocycles. The zero-order valence-electron chi connectivity index (χ0n) is 59.2. The van der Waals surface area contributed by atoms with Gasteiger partial charge in [0, 0.05) is 30.6 Å². The van der Waals surface area contributed by atoms with Crippen LogP contribution in [0.3, 0.4) is 0 Å². The second-order valence-electron chi connectivity index (χ2n) is 29.8. The predicted octanol–water partition coefficient (Wildman–Crippen LogP) is 21.2. The van der Waals surface area contributed by atoms with Gasteiger partial charge in [-0.15, -0.1) is 4.33 Å². The Morgan fingerprint density at radius 3 is 1.32 bits per heavy atom. The van der Waals surface area contributed by atoms with Crippen molar-refractivity contribution in [1.29, 1.82) is 0 Å². The van der Waals surface area contributed by atoms with E-state index in [9.17, 15) is 25.3 Å². The molecule has 0 aromatic heterocycles. The quantitative estimate of drug-likeness (QED) is 0.0103. The minimum absolute atomic E-state index is 0. The number of azide groups is 2. The van der Waals surface area contributed by atoms with E-state index in [1.807, 2.05) is 0 Å². The Morgan fingerprint density at radius 1 is 0.471 bits per heavy atom. The predicted molar refractivity (Wildman–Crippen MR) is 406 cm³/mol. The largest absolute Gasteiger partial charge is 0.457 e. The van der Waals surface area contributed by atoms with Crippen molar-refractivity contribution < 1.29 is 44.0 Å². The topological polar surface area (TPSA) is 261 Å². The van der Waals surface area contributed by atoms with Crippen LogP contribution in [0.4, 0.5) is 0 Å². The van der Waals surface area contributed by atoms with Crippen LogP contribution in [0.2, 0.25) is 0 Å². The number of benzene rings is 4. The molecule has 0 spiro atoms. The summed E-state index contributed by atoms with van der Waals surface area (Å²) in [5.74, 6) is 14.6. The minimum Gasteiger partial charge on any atom is -0.457 e. The Kier molecular flexibility index (Phi) is 25.8. The Morgan fingerprint density at radius 2 is 0.856 bits per heavy atom. The Hall–Kier alpha value is -8.68. The molecule has 6 saturated carbocycles. The first-order valence-corrected chi connectivity index (χ1v) is 41.6. The van der Waals surface area contributed by atoms with Gasteiger partial charge in [-0.1, -0.05) is 132 Å². The van der Waals surface area contributed by atoms with Crippen LogP contribution in [0.15, 0.2) is 235 Å². The maximum absolute atomic E-state index is 13.6. The molecule has 10 aliphatic carbocycles. The number of ether oxygens (including phenoxy) is 2. The Bertz CT molecular complexity index is 4360. The average Bonchev–Trinajstić information content (AvgIpc) is 1.63. The van der Waals surface area contributed by atoms with Gasteiger partial charge in [0.15, 0.2) is 0 Å². The second-order valence-corrected chi connectivity index (χ2v) is 35.5. The van der Waals surface area contributed by atoms with Gasteiger partial charge in [-0.25, -0.2) is 30.2 Å². The Labute approximate surface area is 614 Å². The number of allylic oxidation sites excluding steroid dienone is 18. The van der Waals surface area contributed by atoms with Gasteiger partial charge in [-0.05, 0) is 318 Å². The number of hydrogen-bond acceptors (Lipinski definition) is 12. The van der Waals surface area contributed by atoms with Crippen molar-refractivity contribution in [2.24, 2.45) is 128 Å². The molecule has 104 heavy (non-hydrogen) atoms. The molecule has 14 rings (SSSR count). The van der Waals surface area contributed by atoms with Gasteiger partial charge in [-0.2, -0.15) is 0 Å². The average molecular weight is 1730 g/mol. The van der Waals surface area contributed by atoms with E-state index in [0.29, 0.717) is 98.9 Å². The third kappa shape index (κ3) is 18.0. The van der Waals surface area contributed by atoms with Crippen molar-refractivity contribution in [2.45, 2.75) is 146 Å². The number of nitrogens with zero attached hydrogens (tertiary/aromatic N) is 6. The molecule has 0 amide bonds. The number of sulfonamides is 3. The van der Waals surface area contributed by atoms with Gasteiger partial charge in [-0.3, -0.25) is 9.44 Å². The van der Waals surface area contributed by atoms with Crippen molar-refractivity contribution in [2.75, 3.05) is 0 Å². The first kappa shape index (κ1) is 77.9. The molecule has 20 unspecified atom stereocenters. The summed E-state index contributed by atoms with van der Waals surface area (Å²) >= 11 is 0.836. The molecule has 4 aromatic rings. The van der Waals surface area contributed by atoms with Gasteiger partial charge in [0.2, 0.25) is 0 Å². The van der Waals surface area contributed by atoms with Crippen molar-refractivity contribution in [1.82, 2.24) is 9.44 Å². The van der Waals surface area contributed by atoms with Crippen LogP contribution in [0.1, 0.15) is 126 Å². The summed E-state index contributed by atoms with van der Waals surface area (Å²) in [7, 11) is -11.6. The smallest absolute Gasteiger partial charge is 0.264 e. The molecule has 6 fully saturated rings. The first-order valence-electron chi connectivity index (χ1n) is 36.4. The van der Waals surface area contributed by atoms with Crippen LogP contribution in [-0.2, 0) is 39.4 Å². The van der Waals surface area contributed by atoms with Gasteiger partial charge in [0.25, 0.3) is 30.1 Å². The van der Waals surface area contributed by atoms with E-state index >= 15 is 0 Å². The summed E-state index contributed by atoms with van der Waals surface area (Å²) in [6.07, 6.45) is 52.2. The van der Waals surface area contributed by atoms with Crippen molar-refractivity contribution in [3.05, 3.63) is 227 Å². The molecule has 0 bridgehead atoms. The fourth-order valence-electron chi connectivity index (χ4n) is 19.3. The van der Waals surface area contributed by atoms with Crippen LogP contribution in [0, 0.1) is 118 Å².